The molecule has 0 spiro atoms. The highest BCUT2D eigenvalue weighted by Crippen LogP contribution is 2.33. The van der Waals surface area contributed by atoms with Crippen molar-refractivity contribution >= 4 is 22.8 Å². The van der Waals surface area contributed by atoms with E-state index in [0.29, 0.717) is 0 Å². The first-order valence-electron chi connectivity index (χ1n) is 10.9. The molecule has 154 valence electrons. The molecular weight excluding hydrogens is 356 g/mol. The molecule has 2 heterocycles. The summed E-state index contributed by atoms with van der Waals surface area (Å²) in [4.78, 5) is 7.44. The van der Waals surface area contributed by atoms with Crippen molar-refractivity contribution in [3.8, 4) is 0 Å². The van der Waals surface area contributed by atoms with E-state index in [-0.39, 0.29) is 0 Å². The third-order valence-corrected chi connectivity index (χ3v) is 6.38. The first-order chi connectivity index (χ1) is 14.0. The average Bonchev–Trinajstić information content (AvgIpc) is 2.74. The molecule has 4 heteroatoms. The van der Waals surface area contributed by atoms with E-state index in [1.807, 2.05) is 6.07 Å². The van der Waals surface area contributed by atoms with Crippen molar-refractivity contribution in [3.05, 3.63) is 59.7 Å². The zero-order valence-electron chi connectivity index (χ0n) is 18.0. The molecular formula is C25H34N4. The lowest BCUT2D eigenvalue weighted by atomic mass is 10.0. The number of aryl methyl sites for hydroxylation is 2. The number of rotatable bonds is 4. The number of piperazine rings is 1. The number of anilines is 3. The smallest absolute Gasteiger partial charge is 0.0481 e. The molecule has 2 fully saturated rings. The van der Waals surface area contributed by atoms with E-state index in [2.05, 4.69) is 65.5 Å². The minimum absolute atomic E-state index is 0.835. The highest BCUT2D eigenvalue weighted by atomic mass is 15.3. The number of nitrogens with zero attached hydrogens (tertiary/aromatic N) is 3. The van der Waals surface area contributed by atoms with E-state index < -0.39 is 0 Å². The largest absolute Gasteiger partial charge is 0.399 e. The van der Waals surface area contributed by atoms with Crippen LogP contribution in [0.1, 0.15) is 36.0 Å². The Morgan fingerprint density at radius 1 is 0.793 bits per heavy atom. The lowest BCUT2D eigenvalue weighted by molar-refractivity contribution is 0.368. The molecule has 2 N–H and O–H groups in total. The van der Waals surface area contributed by atoms with Gasteiger partial charge in [-0.1, -0.05) is 24.3 Å². The van der Waals surface area contributed by atoms with Crippen LogP contribution in [-0.2, 0) is 0 Å². The van der Waals surface area contributed by atoms with Crippen LogP contribution in [0.15, 0.2) is 43.0 Å². The number of hydrogen-bond donors (Lipinski definition) is 1. The van der Waals surface area contributed by atoms with Crippen LogP contribution in [0.25, 0.3) is 5.70 Å². The van der Waals surface area contributed by atoms with Gasteiger partial charge >= 0.3 is 0 Å². The second-order valence-electron chi connectivity index (χ2n) is 8.54. The molecule has 0 aliphatic carbocycles. The van der Waals surface area contributed by atoms with Gasteiger partial charge in [0.15, 0.2) is 0 Å². The average molecular weight is 391 g/mol. The minimum atomic E-state index is 0.835. The van der Waals surface area contributed by atoms with E-state index in [1.165, 1.54) is 47.3 Å². The van der Waals surface area contributed by atoms with E-state index in [0.717, 1.165) is 50.7 Å². The third kappa shape index (κ3) is 4.21. The first kappa shape index (κ1) is 19.7. The Balaban J connectivity index is 1.48. The summed E-state index contributed by atoms with van der Waals surface area (Å²) < 4.78 is 0. The van der Waals surface area contributed by atoms with E-state index in [9.17, 15) is 0 Å². The molecule has 0 atom stereocenters. The van der Waals surface area contributed by atoms with E-state index in [4.69, 9.17) is 5.73 Å². The van der Waals surface area contributed by atoms with Crippen molar-refractivity contribution in [3.63, 3.8) is 0 Å². The van der Waals surface area contributed by atoms with Crippen molar-refractivity contribution in [1.29, 1.82) is 0 Å². The molecule has 0 radical (unpaired) electrons. The van der Waals surface area contributed by atoms with E-state index >= 15 is 0 Å². The Morgan fingerprint density at radius 2 is 1.48 bits per heavy atom. The van der Waals surface area contributed by atoms with Crippen molar-refractivity contribution in [2.75, 3.05) is 54.8 Å². The molecule has 0 saturated carbocycles. The Kier molecular flexibility index (Phi) is 5.70. The summed E-state index contributed by atoms with van der Waals surface area (Å²) in [6, 6.07) is 13.1. The number of benzene rings is 2. The highest BCUT2D eigenvalue weighted by Gasteiger charge is 2.23. The van der Waals surface area contributed by atoms with Crippen LogP contribution in [0, 0.1) is 13.8 Å². The van der Waals surface area contributed by atoms with Crippen molar-refractivity contribution in [2.24, 2.45) is 0 Å². The molecule has 2 aliphatic heterocycles. The van der Waals surface area contributed by atoms with Crippen LogP contribution in [0.2, 0.25) is 0 Å². The zero-order chi connectivity index (χ0) is 20.4. The van der Waals surface area contributed by atoms with Gasteiger partial charge in [-0.3, -0.25) is 0 Å². The van der Waals surface area contributed by atoms with Gasteiger partial charge < -0.3 is 20.4 Å². The summed E-state index contributed by atoms with van der Waals surface area (Å²) in [5.74, 6) is 0. The fourth-order valence-electron chi connectivity index (χ4n) is 4.74. The van der Waals surface area contributed by atoms with Gasteiger partial charge in [0, 0.05) is 67.6 Å². The molecule has 2 aromatic rings. The molecule has 2 aliphatic rings. The Morgan fingerprint density at radius 3 is 2.17 bits per heavy atom. The minimum Gasteiger partial charge on any atom is -0.399 e. The number of hydrogen-bond acceptors (Lipinski definition) is 4. The predicted octanol–water partition coefficient (Wildman–Crippen LogP) is 4.67. The van der Waals surface area contributed by atoms with Gasteiger partial charge in [0.2, 0.25) is 0 Å². The van der Waals surface area contributed by atoms with Gasteiger partial charge in [-0.05, 0) is 62.9 Å². The fourth-order valence-corrected chi connectivity index (χ4v) is 4.74. The summed E-state index contributed by atoms with van der Waals surface area (Å²) >= 11 is 0. The molecule has 4 nitrogen and oxygen atoms in total. The molecule has 2 saturated heterocycles. The van der Waals surface area contributed by atoms with Gasteiger partial charge in [0.05, 0.1) is 0 Å². The lowest BCUT2D eigenvalue weighted by Gasteiger charge is -2.40. The zero-order valence-corrected chi connectivity index (χ0v) is 18.0. The van der Waals surface area contributed by atoms with Crippen LogP contribution in [-0.4, -0.2) is 44.2 Å². The fraction of sp³-hybridized carbons (Fsp3) is 0.440. The van der Waals surface area contributed by atoms with Gasteiger partial charge in [-0.25, -0.2) is 0 Å². The van der Waals surface area contributed by atoms with Gasteiger partial charge in [0.1, 0.15) is 0 Å². The summed E-state index contributed by atoms with van der Waals surface area (Å²) in [5, 5.41) is 0. The summed E-state index contributed by atoms with van der Waals surface area (Å²) in [6.07, 6.45) is 3.85. The van der Waals surface area contributed by atoms with Crippen molar-refractivity contribution in [2.45, 2.75) is 33.1 Å². The SMILES string of the molecule is C=C(c1ccc(N)cc1N1CCCCC1)N1CCN(c2ccc(C)cc2C)CC1. The lowest BCUT2D eigenvalue weighted by Crippen LogP contribution is -2.45. The standard InChI is InChI=1S/C25H34N4/c1-19-7-10-24(20(2)17-19)29-15-13-27(14-16-29)21(3)23-9-8-22(26)18-25(23)28-11-5-4-6-12-28/h7-10,17-18H,3-6,11-16,26H2,1-2H3. The molecule has 0 amide bonds. The molecule has 2 aromatic carbocycles. The van der Waals surface area contributed by atoms with Crippen LogP contribution >= 0.6 is 0 Å². The van der Waals surface area contributed by atoms with Crippen LogP contribution < -0.4 is 15.5 Å². The summed E-state index contributed by atoms with van der Waals surface area (Å²) in [5.41, 5.74) is 14.7. The second-order valence-corrected chi connectivity index (χ2v) is 8.54. The predicted molar refractivity (Wildman–Crippen MR) is 126 cm³/mol. The topological polar surface area (TPSA) is 35.7 Å². The highest BCUT2D eigenvalue weighted by molar-refractivity contribution is 5.77. The number of piperidine rings is 1. The maximum atomic E-state index is 6.14. The molecule has 0 bridgehead atoms. The van der Waals surface area contributed by atoms with E-state index in [1.54, 1.807) is 0 Å². The van der Waals surface area contributed by atoms with Gasteiger partial charge in [-0.2, -0.15) is 0 Å². The van der Waals surface area contributed by atoms with Crippen LogP contribution in [0.3, 0.4) is 0 Å². The normalized spacial score (nSPS) is 17.5. The van der Waals surface area contributed by atoms with Gasteiger partial charge in [-0.15, -0.1) is 0 Å². The van der Waals surface area contributed by atoms with Crippen LogP contribution in [0.5, 0.6) is 0 Å². The van der Waals surface area contributed by atoms with Crippen LogP contribution in [0.4, 0.5) is 17.1 Å². The second kappa shape index (κ2) is 8.40. The van der Waals surface area contributed by atoms with Crippen molar-refractivity contribution in [1.82, 2.24) is 4.90 Å². The van der Waals surface area contributed by atoms with Gasteiger partial charge in [0.25, 0.3) is 0 Å². The van der Waals surface area contributed by atoms with Crippen molar-refractivity contribution < 1.29 is 0 Å². The monoisotopic (exact) mass is 390 g/mol. The summed E-state index contributed by atoms with van der Waals surface area (Å²) in [6.45, 7) is 15.1. The molecule has 4 rings (SSSR count). The molecule has 29 heavy (non-hydrogen) atoms. The molecule has 0 unspecified atom stereocenters. The summed E-state index contributed by atoms with van der Waals surface area (Å²) in [7, 11) is 0. The Bertz CT molecular complexity index is 874. The Hall–Kier alpha value is -2.62. The first-order valence-corrected chi connectivity index (χ1v) is 10.9. The maximum Gasteiger partial charge on any atom is 0.0481 e. The number of nitrogens with two attached hydrogens (primary N) is 1. The molecule has 0 aromatic heterocycles. The Labute approximate surface area is 175 Å². The quantitative estimate of drug-likeness (QED) is 0.770. The maximum absolute atomic E-state index is 6.14. The third-order valence-electron chi connectivity index (χ3n) is 6.38. The number of nitrogen functional groups attached to an aromatic ring is 1.